The van der Waals surface area contributed by atoms with Gasteiger partial charge in [-0.15, -0.1) is 11.8 Å². The number of halogens is 1. The fraction of sp³-hybridized carbons (Fsp3) is 0.286. The van der Waals surface area contributed by atoms with Gasteiger partial charge in [-0.1, -0.05) is 72.3 Å². The highest BCUT2D eigenvalue weighted by atomic mass is 35.5. The summed E-state index contributed by atoms with van der Waals surface area (Å²) in [6, 6.07) is 25.2. The van der Waals surface area contributed by atoms with Crippen LogP contribution in [-0.4, -0.2) is 29.6 Å². The summed E-state index contributed by atoms with van der Waals surface area (Å²) in [5.41, 5.74) is 5.71. The number of nitrogens with zero attached hydrogens (tertiary/aromatic N) is 1. The molecule has 0 saturated carbocycles. The molecule has 164 valence electrons. The number of hydrogen-bond donors (Lipinski definition) is 1. The van der Waals surface area contributed by atoms with Gasteiger partial charge in [-0.25, -0.2) is 0 Å². The SMILES string of the molecule is OC1(c2ccc(Cl)cc2)CCN(CCC=C2c3ccccc3CSc3ccccc32)CC1. The van der Waals surface area contributed by atoms with Crippen molar-refractivity contribution in [3.05, 3.63) is 106 Å². The van der Waals surface area contributed by atoms with Crippen molar-refractivity contribution in [1.82, 2.24) is 4.90 Å². The Morgan fingerprint density at radius 2 is 1.59 bits per heavy atom. The number of hydrogen-bond acceptors (Lipinski definition) is 3. The van der Waals surface area contributed by atoms with Crippen molar-refractivity contribution in [2.24, 2.45) is 0 Å². The van der Waals surface area contributed by atoms with Crippen LogP contribution in [0.4, 0.5) is 0 Å². The maximum atomic E-state index is 11.1. The van der Waals surface area contributed by atoms with Gasteiger partial charge in [-0.05, 0) is 65.3 Å². The average Bonchev–Trinajstić information content (AvgIpc) is 2.98. The molecule has 0 aromatic heterocycles. The lowest BCUT2D eigenvalue weighted by Crippen LogP contribution is -2.42. The van der Waals surface area contributed by atoms with Crippen LogP contribution in [0.25, 0.3) is 5.57 Å². The number of thioether (sulfide) groups is 1. The molecule has 5 rings (SSSR count). The highest BCUT2D eigenvalue weighted by Gasteiger charge is 2.33. The van der Waals surface area contributed by atoms with E-state index in [0.717, 1.165) is 50.2 Å². The maximum absolute atomic E-state index is 11.1. The Kier molecular flexibility index (Phi) is 6.43. The molecule has 0 amide bonds. The minimum absolute atomic E-state index is 0.711. The Morgan fingerprint density at radius 3 is 2.38 bits per heavy atom. The van der Waals surface area contributed by atoms with Crippen LogP contribution in [0.1, 0.15) is 41.5 Å². The standard InChI is InChI=1S/C28H28ClNOS/c29-23-13-11-22(12-14-23)28(31)15-18-30(19-16-28)17-5-9-25-24-7-2-1-6-21(24)20-32-27-10-4-3-8-26(25)27/h1-4,6-14,31H,5,15-20H2. The molecule has 3 aromatic rings. The summed E-state index contributed by atoms with van der Waals surface area (Å²) in [7, 11) is 0. The number of fused-ring (bicyclic) bond motifs is 2. The van der Waals surface area contributed by atoms with Gasteiger partial charge in [0.2, 0.25) is 0 Å². The van der Waals surface area contributed by atoms with E-state index in [0.29, 0.717) is 5.02 Å². The van der Waals surface area contributed by atoms with Gasteiger partial charge in [0.05, 0.1) is 5.60 Å². The van der Waals surface area contributed by atoms with Gasteiger partial charge in [0.15, 0.2) is 0 Å². The molecule has 2 aliphatic heterocycles. The van der Waals surface area contributed by atoms with E-state index in [9.17, 15) is 5.11 Å². The zero-order chi connectivity index (χ0) is 22.0. The molecule has 1 N–H and O–H groups in total. The average molecular weight is 462 g/mol. The lowest BCUT2D eigenvalue weighted by atomic mass is 9.84. The second-order valence-corrected chi connectivity index (χ2v) is 10.2. The van der Waals surface area contributed by atoms with E-state index in [1.54, 1.807) is 0 Å². The van der Waals surface area contributed by atoms with Crippen LogP contribution in [0, 0.1) is 0 Å². The van der Waals surface area contributed by atoms with Gasteiger partial charge < -0.3 is 10.0 Å². The first-order valence-electron chi connectivity index (χ1n) is 11.3. The summed E-state index contributed by atoms with van der Waals surface area (Å²) in [4.78, 5) is 3.84. The highest BCUT2D eigenvalue weighted by molar-refractivity contribution is 7.98. The van der Waals surface area contributed by atoms with Crippen molar-refractivity contribution in [3.63, 3.8) is 0 Å². The summed E-state index contributed by atoms with van der Waals surface area (Å²) >= 11 is 7.95. The Morgan fingerprint density at radius 1 is 0.906 bits per heavy atom. The van der Waals surface area contributed by atoms with Crippen LogP contribution >= 0.6 is 23.4 Å². The number of piperidine rings is 1. The van der Waals surface area contributed by atoms with Crippen molar-refractivity contribution >= 4 is 28.9 Å². The fourth-order valence-corrected chi connectivity index (χ4v) is 6.03. The van der Waals surface area contributed by atoms with Crippen LogP contribution in [0.15, 0.2) is 83.8 Å². The van der Waals surface area contributed by atoms with Gasteiger partial charge in [-0.2, -0.15) is 0 Å². The molecule has 0 atom stereocenters. The molecule has 2 aliphatic rings. The Bertz CT molecular complexity index is 1070. The van der Waals surface area contributed by atoms with Gasteiger partial charge in [0.1, 0.15) is 0 Å². The van der Waals surface area contributed by atoms with Crippen molar-refractivity contribution in [2.75, 3.05) is 19.6 Å². The molecular formula is C28H28ClNOS. The minimum Gasteiger partial charge on any atom is -0.385 e. The summed E-state index contributed by atoms with van der Waals surface area (Å²) in [6.07, 6.45) is 4.94. The van der Waals surface area contributed by atoms with Gasteiger partial charge in [0, 0.05) is 35.3 Å². The molecule has 0 bridgehead atoms. The van der Waals surface area contributed by atoms with Crippen LogP contribution < -0.4 is 0 Å². The fourth-order valence-electron chi connectivity index (χ4n) is 4.83. The van der Waals surface area contributed by atoms with Crippen LogP contribution in [0.2, 0.25) is 5.02 Å². The third-order valence-corrected chi connectivity index (χ3v) is 8.10. The smallest absolute Gasteiger partial charge is 0.0920 e. The van der Waals surface area contributed by atoms with E-state index in [-0.39, 0.29) is 0 Å². The molecule has 4 heteroatoms. The molecule has 0 radical (unpaired) electrons. The monoisotopic (exact) mass is 461 g/mol. The number of aliphatic hydroxyl groups is 1. The molecular weight excluding hydrogens is 434 g/mol. The molecule has 2 heterocycles. The number of likely N-dealkylation sites (tertiary alicyclic amines) is 1. The summed E-state index contributed by atoms with van der Waals surface area (Å²) in [5.74, 6) is 1.01. The Hall–Kier alpha value is -2.04. The quantitative estimate of drug-likeness (QED) is 0.464. The lowest BCUT2D eigenvalue weighted by molar-refractivity contribution is -0.0254. The predicted molar refractivity (Wildman–Crippen MR) is 135 cm³/mol. The first-order chi connectivity index (χ1) is 15.6. The maximum Gasteiger partial charge on any atom is 0.0920 e. The largest absolute Gasteiger partial charge is 0.385 e. The zero-order valence-electron chi connectivity index (χ0n) is 18.1. The van der Waals surface area contributed by atoms with Crippen molar-refractivity contribution in [3.8, 4) is 0 Å². The number of benzene rings is 3. The molecule has 1 fully saturated rings. The van der Waals surface area contributed by atoms with Crippen molar-refractivity contribution in [2.45, 2.75) is 35.5 Å². The Labute approximate surface area is 199 Å². The van der Waals surface area contributed by atoms with Gasteiger partial charge >= 0.3 is 0 Å². The first-order valence-corrected chi connectivity index (χ1v) is 12.7. The van der Waals surface area contributed by atoms with Crippen molar-refractivity contribution in [1.29, 1.82) is 0 Å². The molecule has 32 heavy (non-hydrogen) atoms. The minimum atomic E-state index is -0.740. The van der Waals surface area contributed by atoms with E-state index in [2.05, 4.69) is 59.5 Å². The van der Waals surface area contributed by atoms with Gasteiger partial charge in [0.25, 0.3) is 0 Å². The summed E-state index contributed by atoms with van der Waals surface area (Å²) < 4.78 is 0. The molecule has 0 unspecified atom stereocenters. The van der Waals surface area contributed by atoms with E-state index in [1.807, 2.05) is 36.0 Å². The van der Waals surface area contributed by atoms with E-state index in [4.69, 9.17) is 11.6 Å². The second-order valence-electron chi connectivity index (χ2n) is 8.73. The summed E-state index contributed by atoms with van der Waals surface area (Å²) in [6.45, 7) is 2.83. The van der Waals surface area contributed by atoms with Crippen LogP contribution in [0.5, 0.6) is 0 Å². The van der Waals surface area contributed by atoms with Gasteiger partial charge in [-0.3, -0.25) is 0 Å². The zero-order valence-corrected chi connectivity index (χ0v) is 19.7. The van der Waals surface area contributed by atoms with Crippen LogP contribution in [-0.2, 0) is 11.4 Å². The molecule has 2 nitrogen and oxygen atoms in total. The molecule has 1 saturated heterocycles. The van der Waals surface area contributed by atoms with E-state index < -0.39 is 5.60 Å². The third kappa shape index (κ3) is 4.53. The number of rotatable bonds is 4. The Balaban J connectivity index is 1.28. The second kappa shape index (κ2) is 9.44. The molecule has 0 spiro atoms. The van der Waals surface area contributed by atoms with Crippen molar-refractivity contribution < 1.29 is 5.11 Å². The molecule has 0 aliphatic carbocycles. The van der Waals surface area contributed by atoms with E-state index in [1.165, 1.54) is 27.2 Å². The third-order valence-electron chi connectivity index (χ3n) is 6.73. The first kappa shape index (κ1) is 21.8. The van der Waals surface area contributed by atoms with E-state index >= 15 is 0 Å². The topological polar surface area (TPSA) is 23.5 Å². The highest BCUT2D eigenvalue weighted by Crippen LogP contribution is 2.40. The summed E-state index contributed by atoms with van der Waals surface area (Å²) in [5, 5.41) is 11.9. The predicted octanol–water partition coefficient (Wildman–Crippen LogP) is 6.75. The molecule has 3 aromatic carbocycles. The lowest BCUT2D eigenvalue weighted by Gasteiger charge is -2.38. The van der Waals surface area contributed by atoms with Crippen LogP contribution in [0.3, 0.4) is 0 Å². The normalized spacial score (nSPS) is 19.2.